The van der Waals surface area contributed by atoms with E-state index in [1.54, 1.807) is 18.2 Å². The molecule has 0 aromatic heterocycles. The molecule has 0 radical (unpaired) electrons. The largest absolute Gasteiger partial charge is 0.493 e. The van der Waals surface area contributed by atoms with Gasteiger partial charge in [0.05, 0.1) is 13.7 Å². The van der Waals surface area contributed by atoms with E-state index in [1.807, 2.05) is 6.08 Å². The third-order valence-corrected chi connectivity index (χ3v) is 5.42. The van der Waals surface area contributed by atoms with Crippen LogP contribution in [0.5, 0.6) is 11.5 Å². The van der Waals surface area contributed by atoms with E-state index in [9.17, 15) is 25.2 Å². The van der Waals surface area contributed by atoms with Gasteiger partial charge in [-0.3, -0.25) is 4.79 Å². The Morgan fingerprint density at radius 3 is 2.59 bits per heavy atom. The number of methoxy groups -OCH3 is 1. The summed E-state index contributed by atoms with van der Waals surface area (Å²) in [4.78, 5) is 12.2. The molecule has 0 amide bonds. The predicted molar refractivity (Wildman–Crippen MR) is 103 cm³/mol. The molecule has 8 nitrogen and oxygen atoms in total. The molecule has 6 atom stereocenters. The van der Waals surface area contributed by atoms with Crippen molar-refractivity contribution < 1.29 is 39.4 Å². The second-order valence-electron chi connectivity index (χ2n) is 7.67. The molecule has 0 bridgehead atoms. The van der Waals surface area contributed by atoms with E-state index < -0.39 is 37.3 Å². The van der Waals surface area contributed by atoms with Crippen LogP contribution in [0.25, 0.3) is 6.08 Å². The van der Waals surface area contributed by atoms with Gasteiger partial charge in [0.1, 0.15) is 24.4 Å². The van der Waals surface area contributed by atoms with Crippen molar-refractivity contribution >= 4 is 11.9 Å². The van der Waals surface area contributed by atoms with E-state index in [4.69, 9.17) is 14.2 Å². The van der Waals surface area contributed by atoms with Crippen LogP contribution in [0.2, 0.25) is 0 Å². The number of hydrogen-bond donors (Lipinski definition) is 4. The first kappa shape index (κ1) is 21.7. The third kappa shape index (κ3) is 4.79. The number of Topliss-reactive ketones (excluding diaryl/α,β-unsaturated/α-hetero) is 1. The minimum atomic E-state index is -1.53. The van der Waals surface area contributed by atoms with Gasteiger partial charge in [-0.25, -0.2) is 0 Å². The van der Waals surface area contributed by atoms with Crippen LogP contribution in [-0.2, 0) is 9.53 Å². The van der Waals surface area contributed by atoms with E-state index in [0.717, 1.165) is 24.0 Å². The second-order valence-corrected chi connectivity index (χ2v) is 7.67. The predicted octanol–water partition coefficient (Wildman–Crippen LogP) is 0.646. The van der Waals surface area contributed by atoms with Crippen molar-refractivity contribution in [1.29, 1.82) is 0 Å². The fourth-order valence-electron chi connectivity index (χ4n) is 3.61. The number of aliphatic hydroxyl groups is 4. The highest BCUT2D eigenvalue weighted by Crippen LogP contribution is 2.33. The van der Waals surface area contributed by atoms with Gasteiger partial charge in [0.15, 0.2) is 17.3 Å². The highest BCUT2D eigenvalue weighted by molar-refractivity contribution is 6.00. The van der Waals surface area contributed by atoms with Crippen molar-refractivity contribution in [3.63, 3.8) is 0 Å². The summed E-state index contributed by atoms with van der Waals surface area (Å²) in [6, 6.07) is 5.07. The van der Waals surface area contributed by atoms with E-state index in [0.29, 0.717) is 18.1 Å². The highest BCUT2D eigenvalue weighted by Gasteiger charge is 2.44. The van der Waals surface area contributed by atoms with Gasteiger partial charge in [-0.1, -0.05) is 13.0 Å². The summed E-state index contributed by atoms with van der Waals surface area (Å²) in [7, 11) is 1.46. The SMILES string of the molecule is COc1cc(/C=C2/CCC(C)CC2=O)ccc1O[C@@H]1O[C@H](CO)[C@H](O)[C@H](O)[C@H]1O. The quantitative estimate of drug-likeness (QED) is 0.523. The molecular formula is C21H28O8. The van der Waals surface area contributed by atoms with Gasteiger partial charge < -0.3 is 34.6 Å². The molecule has 1 aromatic carbocycles. The Bertz CT molecular complexity index is 759. The Hall–Kier alpha value is -1.97. The molecule has 1 aliphatic carbocycles. The fourth-order valence-corrected chi connectivity index (χ4v) is 3.61. The fraction of sp³-hybridized carbons (Fsp3) is 0.571. The lowest BCUT2D eigenvalue weighted by Crippen LogP contribution is -2.60. The third-order valence-electron chi connectivity index (χ3n) is 5.42. The summed E-state index contributed by atoms with van der Waals surface area (Å²) in [5, 5.41) is 39.2. The molecule has 0 spiro atoms. The van der Waals surface area contributed by atoms with Gasteiger partial charge in [0.2, 0.25) is 6.29 Å². The first-order valence-electron chi connectivity index (χ1n) is 9.73. The Labute approximate surface area is 169 Å². The number of allylic oxidation sites excluding steroid dienone is 1. The molecule has 2 fully saturated rings. The zero-order valence-corrected chi connectivity index (χ0v) is 16.5. The van der Waals surface area contributed by atoms with Crippen LogP contribution < -0.4 is 9.47 Å². The highest BCUT2D eigenvalue weighted by atomic mass is 16.7. The number of benzene rings is 1. The lowest BCUT2D eigenvalue weighted by atomic mass is 9.85. The number of rotatable bonds is 5. The van der Waals surface area contributed by atoms with E-state index in [-0.39, 0.29) is 11.5 Å². The molecule has 3 rings (SSSR count). The number of ether oxygens (including phenoxy) is 3. The average Bonchev–Trinajstić information content (AvgIpc) is 2.71. The zero-order chi connectivity index (χ0) is 21.1. The van der Waals surface area contributed by atoms with E-state index >= 15 is 0 Å². The molecule has 1 saturated carbocycles. The van der Waals surface area contributed by atoms with Crippen molar-refractivity contribution in [2.24, 2.45) is 5.92 Å². The van der Waals surface area contributed by atoms with Crippen molar-refractivity contribution in [3.05, 3.63) is 29.3 Å². The molecule has 1 saturated heterocycles. The Morgan fingerprint density at radius 2 is 1.93 bits per heavy atom. The molecule has 2 aliphatic rings. The van der Waals surface area contributed by atoms with E-state index in [1.165, 1.54) is 7.11 Å². The smallest absolute Gasteiger partial charge is 0.229 e. The van der Waals surface area contributed by atoms with Crippen molar-refractivity contribution in [2.45, 2.75) is 56.9 Å². The van der Waals surface area contributed by atoms with Crippen LogP contribution in [0.15, 0.2) is 23.8 Å². The molecule has 160 valence electrons. The second kappa shape index (κ2) is 9.23. The minimum Gasteiger partial charge on any atom is -0.493 e. The van der Waals surface area contributed by atoms with Gasteiger partial charge in [-0.15, -0.1) is 0 Å². The Kier molecular flexibility index (Phi) is 6.92. The zero-order valence-electron chi connectivity index (χ0n) is 16.5. The monoisotopic (exact) mass is 408 g/mol. The number of aliphatic hydroxyl groups excluding tert-OH is 4. The van der Waals surface area contributed by atoms with Crippen molar-refractivity contribution in [1.82, 2.24) is 0 Å². The van der Waals surface area contributed by atoms with Crippen molar-refractivity contribution in [3.8, 4) is 11.5 Å². The molecule has 1 heterocycles. The minimum absolute atomic E-state index is 0.157. The summed E-state index contributed by atoms with van der Waals surface area (Å²) in [6.45, 7) is 1.53. The van der Waals surface area contributed by atoms with Crippen LogP contribution in [0.3, 0.4) is 0 Å². The van der Waals surface area contributed by atoms with Crippen molar-refractivity contribution in [2.75, 3.05) is 13.7 Å². The summed E-state index contributed by atoms with van der Waals surface area (Å²) < 4.78 is 16.4. The molecule has 1 aromatic rings. The molecular weight excluding hydrogens is 380 g/mol. The lowest BCUT2D eigenvalue weighted by Gasteiger charge is -2.39. The normalized spacial score (nSPS) is 34.3. The average molecular weight is 408 g/mol. The van der Waals surface area contributed by atoms with Crippen LogP contribution in [0.4, 0.5) is 0 Å². The first-order valence-corrected chi connectivity index (χ1v) is 9.73. The van der Waals surface area contributed by atoms with Gasteiger partial charge in [-0.2, -0.15) is 0 Å². The van der Waals surface area contributed by atoms with Gasteiger partial charge in [-0.05, 0) is 48.1 Å². The standard InChI is InChI=1S/C21H28O8/c1-11-3-5-13(14(23)7-11)8-12-4-6-15(16(9-12)27-2)28-21-20(26)19(25)18(24)17(10-22)29-21/h4,6,8-9,11,17-22,24-26H,3,5,7,10H2,1-2H3/b13-8-/t11?,17-,18+,19+,20-,21-/m1/s1. The number of ketones is 1. The van der Waals surface area contributed by atoms with Gasteiger partial charge >= 0.3 is 0 Å². The summed E-state index contributed by atoms with van der Waals surface area (Å²) in [6.07, 6.45) is -2.74. The summed E-state index contributed by atoms with van der Waals surface area (Å²) >= 11 is 0. The lowest BCUT2D eigenvalue weighted by molar-refractivity contribution is -0.277. The van der Waals surface area contributed by atoms with Crippen LogP contribution >= 0.6 is 0 Å². The van der Waals surface area contributed by atoms with Gasteiger partial charge in [0.25, 0.3) is 0 Å². The van der Waals surface area contributed by atoms with Crippen LogP contribution in [0, 0.1) is 5.92 Å². The summed E-state index contributed by atoms with van der Waals surface area (Å²) in [5.74, 6) is 1.17. The molecule has 4 N–H and O–H groups in total. The Morgan fingerprint density at radius 1 is 1.17 bits per heavy atom. The number of carbonyl (C=O) groups excluding carboxylic acids is 1. The molecule has 1 unspecified atom stereocenters. The van der Waals surface area contributed by atoms with E-state index in [2.05, 4.69) is 6.92 Å². The molecule has 1 aliphatic heterocycles. The topological polar surface area (TPSA) is 126 Å². The van der Waals surface area contributed by atoms with Gasteiger partial charge in [0, 0.05) is 6.42 Å². The number of carbonyl (C=O) groups is 1. The summed E-state index contributed by atoms with van der Waals surface area (Å²) in [5.41, 5.74) is 1.56. The maximum absolute atomic E-state index is 12.2. The maximum Gasteiger partial charge on any atom is 0.229 e. The number of hydrogen-bond acceptors (Lipinski definition) is 8. The van der Waals surface area contributed by atoms with Crippen LogP contribution in [0.1, 0.15) is 31.7 Å². The first-order chi connectivity index (χ1) is 13.8. The molecule has 8 heteroatoms. The van der Waals surface area contributed by atoms with Crippen LogP contribution in [-0.4, -0.2) is 70.6 Å². The Balaban J connectivity index is 1.78. The maximum atomic E-state index is 12.2. The molecule has 29 heavy (non-hydrogen) atoms.